The van der Waals surface area contributed by atoms with E-state index in [0.29, 0.717) is 0 Å². The van der Waals surface area contributed by atoms with Crippen molar-refractivity contribution in [2.24, 2.45) is 0 Å². The van der Waals surface area contributed by atoms with Gasteiger partial charge < -0.3 is 15.2 Å². The predicted molar refractivity (Wildman–Crippen MR) is 54.9 cm³/mol. The number of unbranched alkanes of at least 4 members (excludes halogenated alkanes) is 2. The number of rotatable bonds is 9. The molecule has 0 amide bonds. The number of hydrogen-bond acceptors (Lipinski definition) is 3. The molecule has 0 aromatic rings. The molecule has 0 fully saturated rings. The highest BCUT2D eigenvalue weighted by Gasteiger charge is 1.97. The maximum absolute atomic E-state index is 9.22. The van der Waals surface area contributed by atoms with Crippen LogP contribution in [0.15, 0.2) is 0 Å². The van der Waals surface area contributed by atoms with E-state index in [-0.39, 0.29) is 6.10 Å². The fourth-order valence-electron chi connectivity index (χ4n) is 1.09. The molecular formula is C10H23NO2. The number of ether oxygens (including phenoxy) is 1. The number of nitrogens with one attached hydrogen (secondary N) is 1. The van der Waals surface area contributed by atoms with Gasteiger partial charge in [0.15, 0.2) is 0 Å². The van der Waals surface area contributed by atoms with Gasteiger partial charge in [0.1, 0.15) is 0 Å². The van der Waals surface area contributed by atoms with Crippen molar-refractivity contribution in [3.05, 3.63) is 0 Å². The molecule has 0 aliphatic heterocycles. The van der Waals surface area contributed by atoms with Crippen LogP contribution >= 0.6 is 0 Å². The van der Waals surface area contributed by atoms with E-state index in [1.807, 2.05) is 6.92 Å². The van der Waals surface area contributed by atoms with E-state index in [2.05, 4.69) is 5.32 Å². The van der Waals surface area contributed by atoms with Gasteiger partial charge in [-0.25, -0.2) is 0 Å². The Kier molecular flexibility index (Phi) is 9.87. The minimum Gasteiger partial charge on any atom is -0.392 e. The van der Waals surface area contributed by atoms with Gasteiger partial charge >= 0.3 is 0 Å². The summed E-state index contributed by atoms with van der Waals surface area (Å²) in [6.07, 6.45) is 4.15. The van der Waals surface area contributed by atoms with Crippen LogP contribution in [-0.2, 0) is 4.74 Å². The van der Waals surface area contributed by atoms with Crippen molar-refractivity contribution in [2.75, 3.05) is 26.8 Å². The summed E-state index contributed by atoms with van der Waals surface area (Å²) in [7, 11) is 1.73. The van der Waals surface area contributed by atoms with Gasteiger partial charge in [-0.3, -0.25) is 0 Å². The second-order valence-corrected chi connectivity index (χ2v) is 3.32. The molecule has 0 rings (SSSR count). The molecule has 3 heteroatoms. The third-order valence-electron chi connectivity index (χ3n) is 2.05. The standard InChI is InChI=1S/C10H23NO2/c1-3-10(12)9-11-7-5-4-6-8-13-2/h10-12H,3-9H2,1-2H3. The van der Waals surface area contributed by atoms with Gasteiger partial charge in [0, 0.05) is 20.3 Å². The smallest absolute Gasteiger partial charge is 0.0662 e. The zero-order valence-corrected chi connectivity index (χ0v) is 8.88. The van der Waals surface area contributed by atoms with Crippen molar-refractivity contribution in [1.82, 2.24) is 5.32 Å². The summed E-state index contributed by atoms with van der Waals surface area (Å²) in [4.78, 5) is 0. The van der Waals surface area contributed by atoms with Gasteiger partial charge in [-0.2, -0.15) is 0 Å². The monoisotopic (exact) mass is 189 g/mol. The summed E-state index contributed by atoms with van der Waals surface area (Å²) in [6, 6.07) is 0. The summed E-state index contributed by atoms with van der Waals surface area (Å²) in [5.74, 6) is 0. The van der Waals surface area contributed by atoms with Crippen molar-refractivity contribution in [2.45, 2.75) is 38.7 Å². The first-order chi connectivity index (χ1) is 6.31. The molecule has 0 saturated heterocycles. The molecule has 0 aliphatic carbocycles. The highest BCUT2D eigenvalue weighted by molar-refractivity contribution is 4.56. The number of hydrogen-bond donors (Lipinski definition) is 2. The molecule has 0 radical (unpaired) electrons. The number of aliphatic hydroxyl groups excluding tert-OH is 1. The SMILES string of the molecule is CCC(O)CNCCCCCOC. The van der Waals surface area contributed by atoms with Crippen LogP contribution < -0.4 is 5.32 Å². The second kappa shape index (κ2) is 9.96. The normalized spacial score (nSPS) is 13.2. The van der Waals surface area contributed by atoms with Gasteiger partial charge in [-0.05, 0) is 32.2 Å². The Balaban J connectivity index is 2.91. The van der Waals surface area contributed by atoms with Crippen molar-refractivity contribution >= 4 is 0 Å². The molecule has 0 aromatic heterocycles. The average Bonchev–Trinajstić information content (AvgIpc) is 2.16. The number of methoxy groups -OCH3 is 1. The molecule has 13 heavy (non-hydrogen) atoms. The molecule has 3 nitrogen and oxygen atoms in total. The van der Waals surface area contributed by atoms with E-state index >= 15 is 0 Å². The van der Waals surface area contributed by atoms with Crippen LogP contribution in [-0.4, -0.2) is 38.0 Å². The fourth-order valence-corrected chi connectivity index (χ4v) is 1.09. The molecule has 0 saturated carbocycles. The van der Waals surface area contributed by atoms with E-state index in [1.165, 1.54) is 12.8 Å². The van der Waals surface area contributed by atoms with Crippen LogP contribution in [0.3, 0.4) is 0 Å². The van der Waals surface area contributed by atoms with Crippen molar-refractivity contribution in [1.29, 1.82) is 0 Å². The van der Waals surface area contributed by atoms with Gasteiger partial charge in [-0.15, -0.1) is 0 Å². The van der Waals surface area contributed by atoms with Crippen LogP contribution in [0.4, 0.5) is 0 Å². The Bertz CT molecular complexity index is 98.9. The summed E-state index contributed by atoms with van der Waals surface area (Å²) in [5, 5.41) is 12.4. The highest BCUT2D eigenvalue weighted by Crippen LogP contribution is 1.94. The summed E-state index contributed by atoms with van der Waals surface area (Å²) in [5.41, 5.74) is 0. The Morgan fingerprint density at radius 1 is 1.31 bits per heavy atom. The van der Waals surface area contributed by atoms with Crippen LogP contribution in [0.5, 0.6) is 0 Å². The molecule has 0 spiro atoms. The van der Waals surface area contributed by atoms with Crippen LogP contribution in [0.25, 0.3) is 0 Å². The molecule has 0 bridgehead atoms. The Labute approximate surface area is 81.5 Å². The van der Waals surface area contributed by atoms with Gasteiger partial charge in [0.2, 0.25) is 0 Å². The van der Waals surface area contributed by atoms with Crippen molar-refractivity contribution < 1.29 is 9.84 Å². The van der Waals surface area contributed by atoms with Crippen molar-refractivity contribution in [3.63, 3.8) is 0 Å². The fraction of sp³-hybridized carbons (Fsp3) is 1.00. The van der Waals surface area contributed by atoms with Crippen LogP contribution in [0.2, 0.25) is 0 Å². The Morgan fingerprint density at radius 2 is 2.08 bits per heavy atom. The Hall–Kier alpha value is -0.120. The first-order valence-electron chi connectivity index (χ1n) is 5.19. The van der Waals surface area contributed by atoms with Gasteiger partial charge in [0.05, 0.1) is 6.10 Å². The topological polar surface area (TPSA) is 41.5 Å². The zero-order chi connectivity index (χ0) is 9.94. The van der Waals surface area contributed by atoms with Gasteiger partial charge in [-0.1, -0.05) is 6.92 Å². The maximum atomic E-state index is 9.22. The third kappa shape index (κ3) is 9.80. The first-order valence-corrected chi connectivity index (χ1v) is 5.19. The highest BCUT2D eigenvalue weighted by atomic mass is 16.5. The molecule has 1 unspecified atom stereocenters. The van der Waals surface area contributed by atoms with E-state index < -0.39 is 0 Å². The number of aliphatic hydroxyl groups is 1. The largest absolute Gasteiger partial charge is 0.392 e. The second-order valence-electron chi connectivity index (χ2n) is 3.32. The lowest BCUT2D eigenvalue weighted by atomic mass is 10.2. The predicted octanol–water partition coefficient (Wildman–Crippen LogP) is 1.16. The minimum absolute atomic E-state index is 0.182. The molecule has 0 heterocycles. The molecule has 1 atom stereocenters. The van der Waals surface area contributed by atoms with E-state index in [0.717, 1.165) is 32.5 Å². The lowest BCUT2D eigenvalue weighted by Crippen LogP contribution is -2.26. The summed E-state index contributed by atoms with van der Waals surface area (Å²) in [6.45, 7) is 4.57. The van der Waals surface area contributed by atoms with Crippen LogP contribution in [0, 0.1) is 0 Å². The quantitative estimate of drug-likeness (QED) is 0.535. The van der Waals surface area contributed by atoms with Gasteiger partial charge in [0.25, 0.3) is 0 Å². The van der Waals surface area contributed by atoms with E-state index in [4.69, 9.17) is 4.74 Å². The molecule has 0 aliphatic rings. The maximum Gasteiger partial charge on any atom is 0.0662 e. The molecule has 2 N–H and O–H groups in total. The molecule has 0 aromatic carbocycles. The van der Waals surface area contributed by atoms with Crippen LogP contribution in [0.1, 0.15) is 32.6 Å². The Morgan fingerprint density at radius 3 is 2.69 bits per heavy atom. The van der Waals surface area contributed by atoms with Crippen molar-refractivity contribution in [3.8, 4) is 0 Å². The molecular weight excluding hydrogens is 166 g/mol. The molecule has 80 valence electrons. The first kappa shape index (κ1) is 12.9. The summed E-state index contributed by atoms with van der Waals surface area (Å²) >= 11 is 0. The zero-order valence-electron chi connectivity index (χ0n) is 8.88. The summed E-state index contributed by atoms with van der Waals surface area (Å²) < 4.78 is 4.94. The lowest BCUT2D eigenvalue weighted by Gasteiger charge is -2.08. The van der Waals surface area contributed by atoms with E-state index in [9.17, 15) is 5.11 Å². The van der Waals surface area contributed by atoms with E-state index in [1.54, 1.807) is 7.11 Å². The lowest BCUT2D eigenvalue weighted by molar-refractivity contribution is 0.167. The minimum atomic E-state index is -0.182. The average molecular weight is 189 g/mol. The third-order valence-corrected chi connectivity index (χ3v) is 2.05.